The predicted octanol–water partition coefficient (Wildman–Crippen LogP) is 4.04. The van der Waals surface area contributed by atoms with Gasteiger partial charge in [0.1, 0.15) is 11.9 Å². The van der Waals surface area contributed by atoms with Gasteiger partial charge in [-0.15, -0.1) is 11.3 Å². The summed E-state index contributed by atoms with van der Waals surface area (Å²) < 4.78 is 19.4. The van der Waals surface area contributed by atoms with Gasteiger partial charge in [-0.05, 0) is 45.4 Å². The number of halogens is 2. The Hall–Kier alpha value is -2.59. The number of rotatable bonds is 7. The SMILES string of the molecule is CCOC(=O)C1=C(C)NC(c2nc(CC(=O)NC(C)C)cs2)=NC1c1ccc(F)cc1Br. The zero-order chi connectivity index (χ0) is 23.4. The van der Waals surface area contributed by atoms with Crippen LogP contribution in [0.2, 0.25) is 0 Å². The molecule has 1 aromatic carbocycles. The molecule has 0 radical (unpaired) electrons. The number of thiazole rings is 1. The first-order valence-electron chi connectivity index (χ1n) is 10.1. The highest BCUT2D eigenvalue weighted by molar-refractivity contribution is 9.10. The number of amidine groups is 1. The highest BCUT2D eigenvalue weighted by atomic mass is 79.9. The summed E-state index contributed by atoms with van der Waals surface area (Å²) in [4.78, 5) is 34.0. The number of hydrogen-bond acceptors (Lipinski definition) is 7. The Morgan fingerprint density at radius 2 is 2.12 bits per heavy atom. The molecule has 0 fully saturated rings. The maximum absolute atomic E-state index is 13.7. The fourth-order valence-electron chi connectivity index (χ4n) is 3.24. The average molecular weight is 523 g/mol. The number of carbonyl (C=O) groups excluding carboxylic acids is 2. The van der Waals surface area contributed by atoms with Crippen LogP contribution in [0.25, 0.3) is 0 Å². The molecule has 0 spiro atoms. The summed E-state index contributed by atoms with van der Waals surface area (Å²) in [5.74, 6) is -0.533. The van der Waals surface area contributed by atoms with Crippen LogP contribution in [-0.2, 0) is 20.7 Å². The van der Waals surface area contributed by atoms with E-state index >= 15 is 0 Å². The van der Waals surface area contributed by atoms with Crippen molar-refractivity contribution >= 4 is 45.0 Å². The number of carbonyl (C=O) groups is 2. The third kappa shape index (κ3) is 5.60. The molecular weight excluding hydrogens is 499 g/mol. The number of nitrogens with one attached hydrogen (secondary N) is 2. The van der Waals surface area contributed by atoms with Crippen LogP contribution >= 0.6 is 27.3 Å². The summed E-state index contributed by atoms with van der Waals surface area (Å²) in [6.07, 6.45) is 0.164. The second-order valence-electron chi connectivity index (χ2n) is 7.47. The molecule has 170 valence electrons. The number of aromatic nitrogens is 1. The van der Waals surface area contributed by atoms with E-state index in [2.05, 4.69) is 31.5 Å². The Labute approximate surface area is 198 Å². The van der Waals surface area contributed by atoms with Gasteiger partial charge in [0, 0.05) is 21.6 Å². The van der Waals surface area contributed by atoms with E-state index in [4.69, 9.17) is 9.73 Å². The van der Waals surface area contributed by atoms with E-state index in [0.29, 0.717) is 37.8 Å². The first-order chi connectivity index (χ1) is 15.2. The Kier molecular flexibility index (Phi) is 7.78. The minimum absolute atomic E-state index is 0.0500. The second kappa shape index (κ2) is 10.4. The van der Waals surface area contributed by atoms with Crippen molar-refractivity contribution in [1.29, 1.82) is 0 Å². The van der Waals surface area contributed by atoms with Crippen molar-refractivity contribution in [3.8, 4) is 0 Å². The summed E-state index contributed by atoms with van der Waals surface area (Å²) in [6, 6.07) is 3.59. The topological polar surface area (TPSA) is 92.7 Å². The summed E-state index contributed by atoms with van der Waals surface area (Å²) in [5.41, 5.74) is 2.17. The number of aliphatic imine (C=N–C) groups is 1. The zero-order valence-corrected chi connectivity index (χ0v) is 20.6. The number of hydrogen-bond donors (Lipinski definition) is 2. The Morgan fingerprint density at radius 1 is 1.38 bits per heavy atom. The maximum atomic E-state index is 13.7. The van der Waals surface area contributed by atoms with Gasteiger partial charge in [0.2, 0.25) is 5.91 Å². The molecule has 2 N–H and O–H groups in total. The van der Waals surface area contributed by atoms with Crippen molar-refractivity contribution in [2.24, 2.45) is 4.99 Å². The van der Waals surface area contributed by atoms with Gasteiger partial charge in [0.15, 0.2) is 10.8 Å². The molecule has 2 heterocycles. The zero-order valence-electron chi connectivity index (χ0n) is 18.2. The number of ether oxygens (including phenoxy) is 1. The fraction of sp³-hybridized carbons (Fsp3) is 0.364. The lowest BCUT2D eigenvalue weighted by molar-refractivity contribution is -0.139. The molecule has 1 amide bonds. The molecule has 0 aliphatic carbocycles. The molecule has 1 aliphatic heterocycles. The van der Waals surface area contributed by atoms with E-state index in [9.17, 15) is 14.0 Å². The van der Waals surface area contributed by atoms with Crippen LogP contribution in [0.1, 0.15) is 50.0 Å². The highest BCUT2D eigenvalue weighted by Gasteiger charge is 2.32. The van der Waals surface area contributed by atoms with Crippen LogP contribution in [0, 0.1) is 5.82 Å². The first kappa shape index (κ1) is 24.1. The molecule has 0 saturated heterocycles. The smallest absolute Gasteiger partial charge is 0.338 e. The Morgan fingerprint density at radius 3 is 2.78 bits per heavy atom. The quantitative estimate of drug-likeness (QED) is 0.535. The molecule has 32 heavy (non-hydrogen) atoms. The summed E-state index contributed by atoms with van der Waals surface area (Å²) in [6.45, 7) is 7.51. The second-order valence-corrected chi connectivity index (χ2v) is 9.19. The van der Waals surface area contributed by atoms with E-state index in [-0.39, 0.29) is 25.0 Å². The molecule has 7 nitrogen and oxygen atoms in total. The minimum Gasteiger partial charge on any atom is -0.463 e. The molecule has 0 saturated carbocycles. The molecular formula is C22H24BrFN4O3S. The van der Waals surface area contributed by atoms with Crippen molar-refractivity contribution < 1.29 is 18.7 Å². The normalized spacial score (nSPS) is 16.0. The molecule has 3 rings (SSSR count). The lowest BCUT2D eigenvalue weighted by atomic mass is 9.96. The van der Waals surface area contributed by atoms with E-state index < -0.39 is 17.8 Å². The number of nitrogens with zero attached hydrogens (tertiary/aromatic N) is 2. The van der Waals surface area contributed by atoms with E-state index in [1.165, 1.54) is 23.5 Å². The van der Waals surface area contributed by atoms with Crippen LogP contribution < -0.4 is 10.6 Å². The van der Waals surface area contributed by atoms with Gasteiger partial charge in [0.05, 0.1) is 24.3 Å². The fourth-order valence-corrected chi connectivity index (χ4v) is 4.58. The number of allylic oxidation sites excluding steroid dienone is 1. The Balaban J connectivity index is 1.96. The van der Waals surface area contributed by atoms with Crippen molar-refractivity contribution in [3.63, 3.8) is 0 Å². The van der Waals surface area contributed by atoms with Gasteiger partial charge >= 0.3 is 5.97 Å². The maximum Gasteiger partial charge on any atom is 0.338 e. The lowest BCUT2D eigenvalue weighted by Gasteiger charge is -2.26. The summed E-state index contributed by atoms with van der Waals surface area (Å²) in [5, 5.41) is 8.37. The molecule has 10 heteroatoms. The van der Waals surface area contributed by atoms with E-state index in [0.717, 1.165) is 0 Å². The van der Waals surface area contributed by atoms with Crippen LogP contribution in [0.4, 0.5) is 4.39 Å². The van der Waals surface area contributed by atoms with E-state index in [1.807, 2.05) is 19.2 Å². The standard InChI is InChI=1S/C22H24BrFN4O3S/c1-5-31-22(30)18-12(4)26-20(28-19(18)15-7-6-13(24)8-16(15)23)21-27-14(10-32-21)9-17(29)25-11(2)3/h6-8,10-11,19H,5,9H2,1-4H3,(H,25,29)(H,26,28). The molecule has 1 unspecified atom stereocenters. The van der Waals surface area contributed by atoms with Crippen LogP contribution in [-0.4, -0.2) is 35.3 Å². The monoisotopic (exact) mass is 522 g/mol. The van der Waals surface area contributed by atoms with Crippen LogP contribution in [0.5, 0.6) is 0 Å². The van der Waals surface area contributed by atoms with Crippen molar-refractivity contribution in [1.82, 2.24) is 15.6 Å². The molecule has 1 aromatic heterocycles. The predicted molar refractivity (Wildman–Crippen MR) is 125 cm³/mol. The molecule has 0 bridgehead atoms. The number of esters is 1. The minimum atomic E-state index is -0.711. The molecule has 1 atom stereocenters. The van der Waals surface area contributed by atoms with Gasteiger partial charge in [-0.2, -0.15) is 0 Å². The Bertz CT molecular complexity index is 1100. The highest BCUT2D eigenvalue weighted by Crippen LogP contribution is 2.36. The van der Waals surface area contributed by atoms with Crippen molar-refractivity contribution in [3.05, 3.63) is 61.4 Å². The first-order valence-corrected chi connectivity index (χ1v) is 11.8. The third-order valence-corrected chi connectivity index (χ3v) is 6.12. The van der Waals surface area contributed by atoms with Crippen LogP contribution in [0.15, 0.2) is 44.3 Å². The third-order valence-electron chi connectivity index (χ3n) is 4.54. The van der Waals surface area contributed by atoms with Crippen LogP contribution in [0.3, 0.4) is 0 Å². The summed E-state index contributed by atoms with van der Waals surface area (Å²) >= 11 is 4.73. The number of amides is 1. The average Bonchev–Trinajstić information content (AvgIpc) is 3.15. The van der Waals surface area contributed by atoms with Crippen molar-refractivity contribution in [2.45, 2.75) is 46.2 Å². The van der Waals surface area contributed by atoms with Gasteiger partial charge in [0.25, 0.3) is 0 Å². The van der Waals surface area contributed by atoms with Gasteiger partial charge in [-0.1, -0.05) is 22.0 Å². The molecule has 1 aliphatic rings. The van der Waals surface area contributed by atoms with E-state index in [1.54, 1.807) is 19.9 Å². The largest absolute Gasteiger partial charge is 0.463 e. The molecule has 2 aromatic rings. The van der Waals surface area contributed by atoms with Crippen molar-refractivity contribution in [2.75, 3.05) is 6.61 Å². The van der Waals surface area contributed by atoms with Gasteiger partial charge in [-0.25, -0.2) is 14.2 Å². The lowest BCUT2D eigenvalue weighted by Crippen LogP contribution is -2.33. The summed E-state index contributed by atoms with van der Waals surface area (Å²) in [7, 11) is 0. The van der Waals surface area contributed by atoms with Gasteiger partial charge < -0.3 is 15.4 Å². The number of benzene rings is 1. The van der Waals surface area contributed by atoms with Gasteiger partial charge in [-0.3, -0.25) is 9.79 Å².